The van der Waals surface area contributed by atoms with Gasteiger partial charge in [0.2, 0.25) is 0 Å². The van der Waals surface area contributed by atoms with Gasteiger partial charge in [0.05, 0.1) is 22.8 Å². The number of benzene rings is 6. The van der Waals surface area contributed by atoms with E-state index in [9.17, 15) is 0 Å². The van der Waals surface area contributed by atoms with E-state index in [2.05, 4.69) is 143 Å². The van der Waals surface area contributed by atoms with Gasteiger partial charge in [-0.15, -0.1) is 0 Å². The SMILES string of the molecule is c1ccc(N=C2c3ccccc3/C(=C3/c4ccccc4C(=Nc4ccccc4)N3c3ccccc3)N2c2ccccc2)cc1. The van der Waals surface area contributed by atoms with Gasteiger partial charge in [-0.3, -0.25) is 9.80 Å². The monoisotopic (exact) mass is 564 g/mol. The third-order valence-electron chi connectivity index (χ3n) is 7.95. The lowest BCUT2D eigenvalue weighted by Crippen LogP contribution is -2.29. The molecular formula is C40H28N4. The third kappa shape index (κ3) is 4.41. The molecule has 0 saturated carbocycles. The van der Waals surface area contributed by atoms with Gasteiger partial charge in [-0.2, -0.15) is 0 Å². The highest BCUT2D eigenvalue weighted by Crippen LogP contribution is 2.48. The second-order valence-corrected chi connectivity index (χ2v) is 10.7. The Bertz CT molecular complexity index is 1900. The summed E-state index contributed by atoms with van der Waals surface area (Å²) in [4.78, 5) is 15.2. The van der Waals surface area contributed by atoms with Crippen molar-refractivity contribution in [3.8, 4) is 0 Å². The van der Waals surface area contributed by atoms with Crippen molar-refractivity contribution in [2.45, 2.75) is 0 Å². The molecule has 0 aromatic heterocycles. The van der Waals surface area contributed by atoms with Crippen LogP contribution in [-0.2, 0) is 0 Å². The van der Waals surface area contributed by atoms with Gasteiger partial charge in [-0.1, -0.05) is 121 Å². The molecule has 2 heterocycles. The van der Waals surface area contributed by atoms with Crippen LogP contribution in [0.2, 0.25) is 0 Å². The fourth-order valence-electron chi connectivity index (χ4n) is 6.06. The van der Waals surface area contributed by atoms with Crippen LogP contribution in [-0.4, -0.2) is 11.7 Å². The van der Waals surface area contributed by atoms with Crippen LogP contribution in [0.15, 0.2) is 180 Å². The highest BCUT2D eigenvalue weighted by atomic mass is 15.3. The molecule has 2 aliphatic rings. The van der Waals surface area contributed by atoms with Gasteiger partial charge in [0, 0.05) is 33.6 Å². The molecule has 4 heteroatoms. The highest BCUT2D eigenvalue weighted by molar-refractivity contribution is 6.35. The molecule has 6 aromatic carbocycles. The first kappa shape index (κ1) is 25.7. The topological polar surface area (TPSA) is 31.2 Å². The molecule has 0 unspecified atom stereocenters. The summed E-state index contributed by atoms with van der Waals surface area (Å²) >= 11 is 0. The number of aliphatic imine (C=N–C) groups is 2. The van der Waals surface area contributed by atoms with Crippen LogP contribution in [0.3, 0.4) is 0 Å². The Morgan fingerprint density at radius 2 is 0.591 bits per heavy atom. The average molecular weight is 565 g/mol. The Hall–Kier alpha value is -6.00. The summed E-state index contributed by atoms with van der Waals surface area (Å²) in [5, 5.41) is 0. The molecule has 0 spiro atoms. The Balaban J connectivity index is 1.49. The van der Waals surface area contributed by atoms with Crippen molar-refractivity contribution in [2.24, 2.45) is 9.98 Å². The first-order valence-electron chi connectivity index (χ1n) is 14.8. The Morgan fingerprint density at radius 3 is 0.955 bits per heavy atom. The van der Waals surface area contributed by atoms with E-state index in [0.29, 0.717) is 0 Å². The molecule has 8 rings (SSSR count). The van der Waals surface area contributed by atoms with E-state index < -0.39 is 0 Å². The highest BCUT2D eigenvalue weighted by Gasteiger charge is 2.41. The van der Waals surface area contributed by atoms with Gasteiger partial charge < -0.3 is 0 Å². The fraction of sp³-hybridized carbons (Fsp3) is 0. The van der Waals surface area contributed by atoms with Gasteiger partial charge in [0.1, 0.15) is 11.7 Å². The first-order chi connectivity index (χ1) is 21.9. The van der Waals surface area contributed by atoms with E-state index >= 15 is 0 Å². The largest absolute Gasteiger partial charge is 0.292 e. The molecule has 6 aromatic rings. The minimum absolute atomic E-state index is 0.888. The summed E-state index contributed by atoms with van der Waals surface area (Å²) in [5.74, 6) is 1.78. The zero-order valence-corrected chi connectivity index (χ0v) is 24.0. The normalized spacial score (nSPS) is 17.3. The molecule has 4 nitrogen and oxygen atoms in total. The molecule has 0 fully saturated rings. The zero-order valence-electron chi connectivity index (χ0n) is 24.0. The Labute approximate surface area is 257 Å². The van der Waals surface area contributed by atoms with E-state index in [4.69, 9.17) is 9.98 Å². The summed E-state index contributed by atoms with van der Waals surface area (Å²) in [6, 6.07) is 58.6. The van der Waals surface area contributed by atoms with Gasteiger partial charge in [0.25, 0.3) is 0 Å². The minimum Gasteiger partial charge on any atom is -0.292 e. The van der Waals surface area contributed by atoms with Gasteiger partial charge in [-0.05, 0) is 48.5 Å². The van der Waals surface area contributed by atoms with Crippen LogP contribution in [0.1, 0.15) is 22.3 Å². The first-order valence-corrected chi connectivity index (χ1v) is 14.8. The Kier molecular flexibility index (Phi) is 6.43. The minimum atomic E-state index is 0.888. The van der Waals surface area contributed by atoms with E-state index in [1.54, 1.807) is 0 Å². The number of anilines is 2. The third-order valence-corrected chi connectivity index (χ3v) is 7.95. The summed E-state index contributed by atoms with van der Waals surface area (Å²) in [6.45, 7) is 0. The summed E-state index contributed by atoms with van der Waals surface area (Å²) in [6.07, 6.45) is 0. The van der Waals surface area contributed by atoms with Crippen molar-refractivity contribution in [3.05, 3.63) is 192 Å². The predicted octanol–water partition coefficient (Wildman–Crippen LogP) is 9.71. The second kappa shape index (κ2) is 11.0. The lowest BCUT2D eigenvalue weighted by Gasteiger charge is -2.28. The van der Waals surface area contributed by atoms with Crippen molar-refractivity contribution < 1.29 is 0 Å². The second-order valence-electron chi connectivity index (χ2n) is 10.7. The van der Waals surface area contributed by atoms with E-state index in [1.807, 2.05) is 36.4 Å². The van der Waals surface area contributed by atoms with Crippen LogP contribution in [0.25, 0.3) is 11.4 Å². The Morgan fingerprint density at radius 1 is 0.295 bits per heavy atom. The van der Waals surface area contributed by atoms with Crippen LogP contribution >= 0.6 is 0 Å². The van der Waals surface area contributed by atoms with Gasteiger partial charge in [-0.25, -0.2) is 9.98 Å². The summed E-state index contributed by atoms with van der Waals surface area (Å²) in [7, 11) is 0. The molecule has 44 heavy (non-hydrogen) atoms. The average Bonchev–Trinajstić information content (AvgIpc) is 3.58. The fourth-order valence-corrected chi connectivity index (χ4v) is 6.06. The number of fused-ring (bicyclic) bond motifs is 2. The van der Waals surface area contributed by atoms with Crippen molar-refractivity contribution >= 4 is 45.8 Å². The molecule has 0 bridgehead atoms. The van der Waals surface area contributed by atoms with Gasteiger partial charge in [0.15, 0.2) is 0 Å². The molecule has 0 atom stereocenters. The number of para-hydroxylation sites is 4. The molecule has 0 amide bonds. The molecular weight excluding hydrogens is 536 g/mol. The van der Waals surface area contributed by atoms with Crippen molar-refractivity contribution in [3.63, 3.8) is 0 Å². The smallest absolute Gasteiger partial charge is 0.146 e. The van der Waals surface area contributed by atoms with Crippen LogP contribution in [0.5, 0.6) is 0 Å². The number of rotatable bonds is 4. The molecule has 208 valence electrons. The quantitative estimate of drug-likeness (QED) is 0.213. The molecule has 0 radical (unpaired) electrons. The van der Waals surface area contributed by atoms with Crippen LogP contribution in [0, 0.1) is 0 Å². The zero-order chi connectivity index (χ0) is 29.3. The molecule has 2 aliphatic heterocycles. The van der Waals surface area contributed by atoms with Crippen molar-refractivity contribution in [1.82, 2.24) is 0 Å². The maximum absolute atomic E-state index is 5.28. The lowest BCUT2D eigenvalue weighted by molar-refractivity contribution is 1.33. The van der Waals surface area contributed by atoms with Crippen molar-refractivity contribution in [2.75, 3.05) is 9.80 Å². The van der Waals surface area contributed by atoms with Gasteiger partial charge >= 0.3 is 0 Å². The number of amidine groups is 2. The van der Waals surface area contributed by atoms with E-state index in [-0.39, 0.29) is 0 Å². The van der Waals surface area contributed by atoms with Crippen molar-refractivity contribution in [1.29, 1.82) is 0 Å². The maximum atomic E-state index is 5.28. The lowest BCUT2D eigenvalue weighted by atomic mass is 10.0. The van der Waals surface area contributed by atoms with Crippen LogP contribution in [0.4, 0.5) is 22.7 Å². The van der Waals surface area contributed by atoms with E-state index in [1.165, 1.54) is 0 Å². The summed E-state index contributed by atoms with van der Waals surface area (Å²) < 4.78 is 0. The van der Waals surface area contributed by atoms with E-state index in [0.717, 1.165) is 68.1 Å². The molecule has 0 saturated heterocycles. The molecule has 0 aliphatic carbocycles. The van der Waals surface area contributed by atoms with Crippen LogP contribution < -0.4 is 9.80 Å². The number of hydrogen-bond acceptors (Lipinski definition) is 2. The molecule has 0 N–H and O–H groups in total. The number of hydrogen-bond donors (Lipinski definition) is 0. The predicted molar refractivity (Wildman–Crippen MR) is 183 cm³/mol. The maximum Gasteiger partial charge on any atom is 0.146 e. The standard InChI is InChI=1S/C40H28N4/c1-5-17-29(18-6-1)41-39-35-27-15-13-25-33(35)37(43(39)31-21-9-3-10-22-31)38-34-26-14-16-28-36(34)40(42-30-19-7-2-8-20-30)44(38)32-23-11-4-12-24-32/h1-28H/b38-37+,41-39?,42-40?. The number of nitrogens with zero attached hydrogens (tertiary/aromatic N) is 4. The summed E-state index contributed by atoms with van der Waals surface area (Å²) in [5.41, 5.74) is 10.4.